The molecule has 0 fully saturated rings. The summed E-state index contributed by atoms with van der Waals surface area (Å²) in [5, 5.41) is 9.21. The van der Waals surface area contributed by atoms with E-state index >= 15 is 0 Å². The fraction of sp³-hybridized carbons (Fsp3) is 0.625. The number of nitrogens with two attached hydrogens (primary N) is 1. The first-order valence-electron chi connectivity index (χ1n) is 3.80. The van der Waals surface area contributed by atoms with Gasteiger partial charge in [-0.05, 0) is 6.42 Å². The van der Waals surface area contributed by atoms with Crippen molar-refractivity contribution >= 4 is 5.97 Å². The van der Waals surface area contributed by atoms with Gasteiger partial charge in [0, 0.05) is 6.42 Å². The van der Waals surface area contributed by atoms with Crippen LogP contribution in [0.15, 0.2) is 12.2 Å². The summed E-state index contributed by atoms with van der Waals surface area (Å²) in [5.74, 6) is -0.467. The minimum atomic E-state index is -1.04. The van der Waals surface area contributed by atoms with Crippen LogP contribution in [-0.4, -0.2) is 29.8 Å². The van der Waals surface area contributed by atoms with Gasteiger partial charge < -0.3 is 15.6 Å². The largest absolute Gasteiger partial charge is 0.468 e. The van der Waals surface area contributed by atoms with E-state index in [0.29, 0.717) is 6.42 Å². The highest BCUT2D eigenvalue weighted by Crippen LogP contribution is 2.22. The lowest BCUT2D eigenvalue weighted by Crippen LogP contribution is -2.51. The van der Waals surface area contributed by atoms with Crippen molar-refractivity contribution in [3.05, 3.63) is 12.2 Å². The summed E-state index contributed by atoms with van der Waals surface area (Å²) in [6, 6.07) is 0. The van der Waals surface area contributed by atoms with Gasteiger partial charge in [0.2, 0.25) is 0 Å². The Kier molecular flexibility index (Phi) is 2.49. The van der Waals surface area contributed by atoms with Crippen LogP contribution >= 0.6 is 0 Å². The number of aliphatic hydroxyl groups is 1. The second-order valence-corrected chi connectivity index (χ2v) is 3.05. The van der Waals surface area contributed by atoms with Gasteiger partial charge in [-0.3, -0.25) is 4.79 Å². The Morgan fingerprint density at radius 1 is 1.83 bits per heavy atom. The number of carbonyl (C=O) groups excluding carboxylic acids is 1. The number of aliphatic hydroxyl groups excluding tert-OH is 1. The zero-order valence-electron chi connectivity index (χ0n) is 6.99. The predicted octanol–water partition coefficient (Wildman–Crippen LogP) is -0.432. The van der Waals surface area contributed by atoms with Crippen LogP contribution in [-0.2, 0) is 9.53 Å². The summed E-state index contributed by atoms with van der Waals surface area (Å²) in [4.78, 5) is 11.1. The molecule has 2 atom stereocenters. The Balaban J connectivity index is 2.72. The molecule has 4 heteroatoms. The summed E-state index contributed by atoms with van der Waals surface area (Å²) in [5.41, 5.74) is 4.68. The lowest BCUT2D eigenvalue weighted by molar-refractivity contribution is -0.148. The van der Waals surface area contributed by atoms with Crippen LogP contribution in [0, 0.1) is 0 Å². The van der Waals surface area contributed by atoms with Crippen LogP contribution in [0.1, 0.15) is 12.8 Å². The molecule has 3 N–H and O–H groups in total. The van der Waals surface area contributed by atoms with Gasteiger partial charge in [-0.1, -0.05) is 12.2 Å². The van der Waals surface area contributed by atoms with Gasteiger partial charge in [-0.2, -0.15) is 0 Å². The molecule has 1 aliphatic carbocycles. The number of rotatable bonds is 1. The van der Waals surface area contributed by atoms with E-state index in [0.717, 1.165) is 0 Å². The molecule has 0 aromatic rings. The standard InChI is InChI=1S/C8H13NO3/c1-12-7(11)8(9)4-2-3-6(10)5-8/h2-3,6,10H,4-5,9H2,1H3/t6-,8-/m0/s1. The molecule has 0 radical (unpaired) electrons. The van der Waals surface area contributed by atoms with Crippen molar-refractivity contribution in [1.82, 2.24) is 0 Å². The molecule has 0 heterocycles. The third kappa shape index (κ3) is 1.65. The summed E-state index contributed by atoms with van der Waals surface area (Å²) < 4.78 is 4.53. The fourth-order valence-electron chi connectivity index (χ4n) is 1.33. The monoisotopic (exact) mass is 171 g/mol. The van der Waals surface area contributed by atoms with Gasteiger partial charge in [0.15, 0.2) is 0 Å². The Bertz CT molecular complexity index is 214. The predicted molar refractivity (Wildman–Crippen MR) is 43.3 cm³/mol. The minimum absolute atomic E-state index is 0.232. The SMILES string of the molecule is COC(=O)[C@]1(N)CC=C[C@H](O)C1. The van der Waals surface area contributed by atoms with Gasteiger partial charge in [0.1, 0.15) is 5.54 Å². The first kappa shape index (κ1) is 9.22. The number of methoxy groups -OCH3 is 1. The average Bonchev–Trinajstić information content (AvgIpc) is 2.02. The Labute approximate surface area is 71.0 Å². The van der Waals surface area contributed by atoms with E-state index in [1.807, 2.05) is 0 Å². The number of carbonyl (C=O) groups is 1. The Morgan fingerprint density at radius 2 is 2.50 bits per heavy atom. The molecule has 0 bridgehead atoms. The molecule has 68 valence electrons. The van der Waals surface area contributed by atoms with Crippen LogP contribution in [0.2, 0.25) is 0 Å². The maximum Gasteiger partial charge on any atom is 0.326 e. The van der Waals surface area contributed by atoms with E-state index in [2.05, 4.69) is 4.74 Å². The highest BCUT2D eigenvalue weighted by atomic mass is 16.5. The normalized spacial score (nSPS) is 34.8. The van der Waals surface area contributed by atoms with Crippen molar-refractivity contribution in [2.75, 3.05) is 7.11 Å². The molecule has 4 nitrogen and oxygen atoms in total. The summed E-state index contributed by atoms with van der Waals surface area (Å²) in [7, 11) is 1.29. The Morgan fingerprint density at radius 3 is 3.00 bits per heavy atom. The molecule has 0 aromatic carbocycles. The lowest BCUT2D eigenvalue weighted by atomic mass is 9.85. The van der Waals surface area contributed by atoms with Crippen molar-refractivity contribution < 1.29 is 14.6 Å². The minimum Gasteiger partial charge on any atom is -0.468 e. The van der Waals surface area contributed by atoms with E-state index < -0.39 is 17.6 Å². The first-order chi connectivity index (χ1) is 5.58. The number of hydrogen-bond donors (Lipinski definition) is 2. The van der Waals surface area contributed by atoms with Gasteiger partial charge in [0.25, 0.3) is 0 Å². The maximum absolute atomic E-state index is 11.1. The van der Waals surface area contributed by atoms with E-state index in [1.54, 1.807) is 12.2 Å². The molecule has 12 heavy (non-hydrogen) atoms. The molecule has 0 amide bonds. The third-order valence-electron chi connectivity index (χ3n) is 2.01. The van der Waals surface area contributed by atoms with E-state index in [-0.39, 0.29) is 6.42 Å². The fourth-order valence-corrected chi connectivity index (χ4v) is 1.33. The summed E-state index contributed by atoms with van der Waals surface area (Å²) in [6.07, 6.45) is 3.36. The highest BCUT2D eigenvalue weighted by Gasteiger charge is 2.37. The van der Waals surface area contributed by atoms with Gasteiger partial charge in [-0.15, -0.1) is 0 Å². The van der Waals surface area contributed by atoms with Gasteiger partial charge >= 0.3 is 5.97 Å². The third-order valence-corrected chi connectivity index (χ3v) is 2.01. The maximum atomic E-state index is 11.1. The average molecular weight is 171 g/mol. The van der Waals surface area contributed by atoms with Crippen LogP contribution < -0.4 is 5.73 Å². The van der Waals surface area contributed by atoms with Crippen molar-refractivity contribution in [2.24, 2.45) is 5.73 Å². The Hall–Kier alpha value is -0.870. The summed E-state index contributed by atoms with van der Waals surface area (Å²) in [6.45, 7) is 0. The molecular formula is C8H13NO3. The zero-order chi connectivity index (χ0) is 9.19. The van der Waals surface area contributed by atoms with Crippen LogP contribution in [0.5, 0.6) is 0 Å². The number of esters is 1. The van der Waals surface area contributed by atoms with Gasteiger partial charge in [0.05, 0.1) is 13.2 Å². The smallest absolute Gasteiger partial charge is 0.326 e. The molecule has 1 aliphatic rings. The molecule has 1 rings (SSSR count). The molecule has 0 saturated heterocycles. The molecule has 0 aliphatic heterocycles. The van der Waals surface area contributed by atoms with Crippen molar-refractivity contribution in [2.45, 2.75) is 24.5 Å². The second-order valence-electron chi connectivity index (χ2n) is 3.05. The van der Waals surface area contributed by atoms with E-state index in [1.165, 1.54) is 7.11 Å². The van der Waals surface area contributed by atoms with E-state index in [9.17, 15) is 9.90 Å². The van der Waals surface area contributed by atoms with Crippen LogP contribution in [0.4, 0.5) is 0 Å². The number of ether oxygens (including phenoxy) is 1. The molecule has 0 spiro atoms. The molecule has 0 unspecified atom stereocenters. The van der Waals surface area contributed by atoms with Gasteiger partial charge in [-0.25, -0.2) is 0 Å². The second kappa shape index (κ2) is 3.25. The first-order valence-corrected chi connectivity index (χ1v) is 3.80. The van der Waals surface area contributed by atoms with Crippen LogP contribution in [0.3, 0.4) is 0 Å². The van der Waals surface area contributed by atoms with Crippen molar-refractivity contribution in [3.63, 3.8) is 0 Å². The van der Waals surface area contributed by atoms with Crippen LogP contribution in [0.25, 0.3) is 0 Å². The quantitative estimate of drug-likeness (QED) is 0.414. The van der Waals surface area contributed by atoms with E-state index in [4.69, 9.17) is 5.73 Å². The van der Waals surface area contributed by atoms with Crippen molar-refractivity contribution in [1.29, 1.82) is 0 Å². The van der Waals surface area contributed by atoms with Crippen molar-refractivity contribution in [3.8, 4) is 0 Å². The number of hydrogen-bond acceptors (Lipinski definition) is 4. The lowest BCUT2D eigenvalue weighted by Gasteiger charge is -2.29. The molecular weight excluding hydrogens is 158 g/mol. The highest BCUT2D eigenvalue weighted by molar-refractivity contribution is 5.81. The topological polar surface area (TPSA) is 72.5 Å². The summed E-state index contributed by atoms with van der Waals surface area (Å²) >= 11 is 0. The zero-order valence-corrected chi connectivity index (χ0v) is 6.99. The molecule has 0 aromatic heterocycles. The molecule has 0 saturated carbocycles.